The van der Waals surface area contributed by atoms with Crippen LogP contribution in [0.15, 0.2) is 0 Å². The van der Waals surface area contributed by atoms with Crippen LogP contribution >= 0.6 is 0 Å². The molecular formula is C3H7NaO4S-. The Morgan fingerprint density at radius 3 is 1.56 bits per heavy atom. The smallest absolute Gasteiger partial charge is 0.148 e. The second-order valence-corrected chi connectivity index (χ2v) is 3.81. The fourth-order valence-electron chi connectivity index (χ4n) is 0. The van der Waals surface area contributed by atoms with E-state index >= 15 is 0 Å². The predicted molar refractivity (Wildman–Crippen MR) is 31.7 cm³/mol. The van der Waals surface area contributed by atoms with Crippen LogP contribution < -0.4 is 0 Å². The summed E-state index contributed by atoms with van der Waals surface area (Å²) >= 11 is 0. The monoisotopic (exact) mass is 162 g/mol. The quantitative estimate of drug-likeness (QED) is 0.391. The Hall–Kier alpha value is 0.870. The Labute approximate surface area is 76.3 Å². The van der Waals surface area contributed by atoms with E-state index in [2.05, 4.69) is 0 Å². The van der Waals surface area contributed by atoms with Gasteiger partial charge < -0.3 is 9.66 Å². The van der Waals surface area contributed by atoms with Gasteiger partial charge in [-0.2, -0.15) is 0 Å². The second kappa shape index (κ2) is 3.32. The summed E-state index contributed by atoms with van der Waals surface area (Å²) in [6.07, 6.45) is 0. The van der Waals surface area contributed by atoms with Crippen LogP contribution in [-0.2, 0) is 10.1 Å². The van der Waals surface area contributed by atoms with Gasteiger partial charge in [-0.1, -0.05) is 0 Å². The molecule has 0 saturated carbocycles. The number of aliphatic hydroxyl groups is 1. The van der Waals surface area contributed by atoms with Crippen molar-refractivity contribution in [3.63, 3.8) is 0 Å². The number of rotatable bonds is 1. The third-order valence-corrected chi connectivity index (χ3v) is 1.84. The van der Waals surface area contributed by atoms with Crippen LogP contribution in [0.1, 0.15) is 13.8 Å². The van der Waals surface area contributed by atoms with E-state index in [0.29, 0.717) is 0 Å². The summed E-state index contributed by atoms with van der Waals surface area (Å²) in [4.78, 5) is -2.15. The summed E-state index contributed by atoms with van der Waals surface area (Å²) in [6.45, 7) is 1.85. The number of hydrogen-bond donors (Lipinski definition) is 1. The van der Waals surface area contributed by atoms with Crippen LogP contribution in [0.4, 0.5) is 0 Å². The zero-order chi connectivity index (χ0) is 7.00. The molecule has 0 aromatic rings. The van der Waals surface area contributed by atoms with Crippen molar-refractivity contribution >= 4 is 39.7 Å². The molecule has 0 saturated heterocycles. The van der Waals surface area contributed by atoms with Gasteiger partial charge in [0.25, 0.3) is 0 Å². The Morgan fingerprint density at radius 2 is 1.56 bits per heavy atom. The van der Waals surface area contributed by atoms with Gasteiger partial charge in [0.2, 0.25) is 0 Å². The van der Waals surface area contributed by atoms with E-state index in [1.165, 1.54) is 0 Å². The largest absolute Gasteiger partial charge is 0.746 e. The van der Waals surface area contributed by atoms with E-state index < -0.39 is 15.1 Å². The van der Waals surface area contributed by atoms with E-state index in [9.17, 15) is 13.0 Å². The fourth-order valence-corrected chi connectivity index (χ4v) is 0. The van der Waals surface area contributed by atoms with E-state index in [1.807, 2.05) is 0 Å². The summed E-state index contributed by atoms with van der Waals surface area (Å²) in [6, 6.07) is 0. The van der Waals surface area contributed by atoms with Gasteiger partial charge in [0, 0.05) is 29.6 Å². The molecule has 0 aromatic carbocycles. The normalized spacial score (nSPS) is 12.4. The van der Waals surface area contributed by atoms with Crippen LogP contribution in [0.3, 0.4) is 0 Å². The molecule has 51 valence electrons. The van der Waals surface area contributed by atoms with Gasteiger partial charge in [0.15, 0.2) is 0 Å². The average Bonchev–Trinajstić information content (AvgIpc) is 1.25. The van der Waals surface area contributed by atoms with Crippen molar-refractivity contribution in [2.45, 2.75) is 18.8 Å². The third kappa shape index (κ3) is 4.30. The van der Waals surface area contributed by atoms with E-state index in [4.69, 9.17) is 5.11 Å². The van der Waals surface area contributed by atoms with Crippen LogP contribution in [0.25, 0.3) is 0 Å². The molecule has 0 aliphatic heterocycles. The molecule has 6 heteroatoms. The summed E-state index contributed by atoms with van der Waals surface area (Å²) in [5.41, 5.74) is 0. The van der Waals surface area contributed by atoms with Crippen molar-refractivity contribution in [2.24, 2.45) is 0 Å². The van der Waals surface area contributed by atoms with Crippen molar-refractivity contribution in [1.82, 2.24) is 0 Å². The summed E-state index contributed by atoms with van der Waals surface area (Å²) in [5, 5.41) is 8.45. The van der Waals surface area contributed by atoms with Crippen LogP contribution in [0.2, 0.25) is 0 Å². The molecule has 1 radical (unpaired) electrons. The van der Waals surface area contributed by atoms with Gasteiger partial charge in [-0.05, 0) is 13.8 Å². The Kier molecular flexibility index (Phi) is 4.62. The molecule has 0 unspecified atom stereocenters. The molecule has 0 bridgehead atoms. The molecule has 0 aliphatic rings. The Morgan fingerprint density at radius 1 is 1.44 bits per heavy atom. The maximum Gasteiger partial charge on any atom is 0.148 e. The van der Waals surface area contributed by atoms with Gasteiger partial charge in [-0.25, -0.2) is 8.42 Å². The fraction of sp³-hybridized carbons (Fsp3) is 1.00. The van der Waals surface area contributed by atoms with Gasteiger partial charge in [0.05, 0.1) is 0 Å². The summed E-state index contributed by atoms with van der Waals surface area (Å²) in [7, 11) is -4.53. The van der Waals surface area contributed by atoms with Gasteiger partial charge in [0.1, 0.15) is 15.1 Å². The minimum absolute atomic E-state index is 0. The van der Waals surface area contributed by atoms with Crippen molar-refractivity contribution in [1.29, 1.82) is 0 Å². The maximum absolute atomic E-state index is 9.85. The molecule has 0 heterocycles. The van der Waals surface area contributed by atoms with Crippen LogP contribution in [0.5, 0.6) is 0 Å². The first-order valence-electron chi connectivity index (χ1n) is 1.93. The van der Waals surface area contributed by atoms with Crippen molar-refractivity contribution in [2.75, 3.05) is 0 Å². The van der Waals surface area contributed by atoms with Crippen molar-refractivity contribution in [3.8, 4) is 0 Å². The summed E-state index contributed by atoms with van der Waals surface area (Å²) in [5.74, 6) is 0. The van der Waals surface area contributed by atoms with Crippen molar-refractivity contribution in [3.05, 3.63) is 0 Å². The third-order valence-electron chi connectivity index (χ3n) is 0.612. The topological polar surface area (TPSA) is 77.4 Å². The summed E-state index contributed by atoms with van der Waals surface area (Å²) < 4.78 is 29.5. The Bertz CT molecular complexity index is 165. The SMILES string of the molecule is CC(C)(O)S(=O)(=O)[O-].[Na]. The maximum atomic E-state index is 9.85. The molecule has 0 amide bonds. The van der Waals surface area contributed by atoms with Crippen LogP contribution in [-0.4, -0.2) is 52.6 Å². The van der Waals surface area contributed by atoms with Gasteiger partial charge in [-0.15, -0.1) is 0 Å². The molecule has 0 rings (SSSR count). The molecule has 1 N–H and O–H groups in total. The first-order valence-corrected chi connectivity index (χ1v) is 3.34. The number of hydrogen-bond acceptors (Lipinski definition) is 4. The molecule has 9 heavy (non-hydrogen) atoms. The zero-order valence-electron chi connectivity index (χ0n) is 5.58. The average molecular weight is 162 g/mol. The first-order chi connectivity index (χ1) is 3.25. The molecule has 0 spiro atoms. The van der Waals surface area contributed by atoms with E-state index in [-0.39, 0.29) is 29.6 Å². The van der Waals surface area contributed by atoms with E-state index in [1.54, 1.807) is 0 Å². The minimum Gasteiger partial charge on any atom is -0.746 e. The van der Waals surface area contributed by atoms with Gasteiger partial charge >= 0.3 is 0 Å². The van der Waals surface area contributed by atoms with Crippen LogP contribution in [0, 0.1) is 0 Å². The molecule has 0 fully saturated rings. The molecule has 0 atom stereocenters. The standard InChI is InChI=1S/C3H8O4S.Na/c1-3(2,4)8(5,6)7;/h4H,1-2H3,(H,5,6,7);/p-1. The molecule has 4 nitrogen and oxygen atoms in total. The van der Waals surface area contributed by atoms with Crippen molar-refractivity contribution < 1.29 is 18.1 Å². The molecule has 0 aromatic heterocycles. The zero-order valence-corrected chi connectivity index (χ0v) is 8.40. The van der Waals surface area contributed by atoms with Gasteiger partial charge in [-0.3, -0.25) is 0 Å². The second-order valence-electron chi connectivity index (χ2n) is 1.90. The molecule has 0 aliphatic carbocycles. The van der Waals surface area contributed by atoms with E-state index in [0.717, 1.165) is 13.8 Å². The predicted octanol–water partition coefficient (Wildman–Crippen LogP) is -1.12. The minimum atomic E-state index is -4.53. The first kappa shape index (κ1) is 12.5. The Balaban J connectivity index is 0. The molecular weight excluding hydrogens is 155 g/mol.